The fourth-order valence-corrected chi connectivity index (χ4v) is 3.45. The maximum Gasteiger partial charge on any atom is 0.127 e. The summed E-state index contributed by atoms with van der Waals surface area (Å²) >= 11 is 0. The fraction of sp³-hybridized carbons (Fsp3) is 0.217. The largest absolute Gasteiger partial charge is 0.493 e. The Hall–Kier alpha value is -2.54. The molecule has 4 rings (SSSR count). The smallest absolute Gasteiger partial charge is 0.127 e. The number of benzene rings is 4. The Kier molecular flexibility index (Phi) is 3.86. The molecule has 0 N–H and O–H groups in total. The summed E-state index contributed by atoms with van der Waals surface area (Å²) in [5.41, 5.74) is 0. The Labute approximate surface area is 142 Å². The van der Waals surface area contributed by atoms with Crippen LogP contribution in [-0.2, 0) is 0 Å². The summed E-state index contributed by atoms with van der Waals surface area (Å²) in [5, 5.41) is 7.66. The Morgan fingerprint density at radius 3 is 1.75 bits per heavy atom. The normalized spacial score (nSPS) is 11.6. The van der Waals surface area contributed by atoms with E-state index in [4.69, 9.17) is 4.74 Å². The summed E-state index contributed by atoms with van der Waals surface area (Å²) in [6.07, 6.45) is 1.07. The van der Waals surface area contributed by atoms with Crippen LogP contribution in [0.5, 0.6) is 5.75 Å². The number of hydrogen-bond donors (Lipinski definition) is 0. The van der Waals surface area contributed by atoms with Gasteiger partial charge < -0.3 is 4.74 Å². The van der Waals surface area contributed by atoms with E-state index < -0.39 is 0 Å². The van der Waals surface area contributed by atoms with Crippen molar-refractivity contribution in [3.8, 4) is 5.75 Å². The summed E-state index contributed by atoms with van der Waals surface area (Å²) in [6.45, 7) is 5.22. The molecular formula is C23H22O. The first-order valence-corrected chi connectivity index (χ1v) is 8.70. The molecule has 1 nitrogen and oxygen atoms in total. The highest BCUT2D eigenvalue weighted by Crippen LogP contribution is 2.39. The molecule has 0 radical (unpaired) electrons. The van der Waals surface area contributed by atoms with E-state index >= 15 is 0 Å². The zero-order valence-electron chi connectivity index (χ0n) is 14.3. The van der Waals surface area contributed by atoms with Gasteiger partial charge in [0, 0.05) is 5.39 Å². The average Bonchev–Trinajstić information content (AvgIpc) is 2.61. The highest BCUT2D eigenvalue weighted by atomic mass is 16.5. The third kappa shape index (κ3) is 2.50. The van der Waals surface area contributed by atoms with E-state index in [9.17, 15) is 0 Å². The van der Waals surface area contributed by atoms with Crippen molar-refractivity contribution in [3.63, 3.8) is 0 Å². The van der Waals surface area contributed by atoms with E-state index in [0.717, 1.165) is 18.8 Å². The van der Waals surface area contributed by atoms with Gasteiger partial charge in [0.1, 0.15) is 5.75 Å². The summed E-state index contributed by atoms with van der Waals surface area (Å²) in [6, 6.07) is 23.7. The standard InChI is InChI=1S/C23H22O/c1-16(2)14-15-24-22-13-7-12-21-19-9-4-3-8-17(19)18-10-5-6-11-20(18)23(21)22/h3-13,16H,14-15H2,1-2H3. The van der Waals surface area contributed by atoms with Crippen LogP contribution in [0.25, 0.3) is 32.3 Å². The lowest BCUT2D eigenvalue weighted by Crippen LogP contribution is -2.02. The van der Waals surface area contributed by atoms with E-state index in [2.05, 4.69) is 80.6 Å². The molecule has 4 aromatic carbocycles. The molecule has 0 spiro atoms. The summed E-state index contributed by atoms with van der Waals surface area (Å²) in [5.74, 6) is 1.65. The molecular weight excluding hydrogens is 292 g/mol. The molecule has 0 atom stereocenters. The Morgan fingerprint density at radius 2 is 1.17 bits per heavy atom. The van der Waals surface area contributed by atoms with E-state index in [1.165, 1.54) is 32.3 Å². The third-order valence-corrected chi connectivity index (χ3v) is 4.68. The van der Waals surface area contributed by atoms with Crippen molar-refractivity contribution < 1.29 is 4.74 Å². The molecule has 0 aliphatic rings. The first-order chi connectivity index (χ1) is 11.8. The van der Waals surface area contributed by atoms with Gasteiger partial charge in [0.05, 0.1) is 6.61 Å². The minimum absolute atomic E-state index is 0.651. The minimum Gasteiger partial charge on any atom is -0.493 e. The average molecular weight is 314 g/mol. The Bertz CT molecular complexity index is 969. The van der Waals surface area contributed by atoms with Crippen molar-refractivity contribution in [2.24, 2.45) is 5.92 Å². The molecule has 1 heteroatoms. The van der Waals surface area contributed by atoms with Crippen LogP contribution in [0, 0.1) is 5.92 Å². The number of fused-ring (bicyclic) bond motifs is 6. The third-order valence-electron chi connectivity index (χ3n) is 4.68. The lowest BCUT2D eigenvalue weighted by atomic mass is 9.94. The van der Waals surface area contributed by atoms with Crippen LogP contribution in [0.2, 0.25) is 0 Å². The van der Waals surface area contributed by atoms with Crippen LogP contribution < -0.4 is 4.74 Å². The van der Waals surface area contributed by atoms with E-state index in [1.807, 2.05) is 0 Å². The van der Waals surface area contributed by atoms with Gasteiger partial charge in [0.25, 0.3) is 0 Å². The SMILES string of the molecule is CC(C)CCOc1cccc2c3ccccc3c3ccccc3c12. The van der Waals surface area contributed by atoms with E-state index in [1.54, 1.807) is 0 Å². The molecule has 120 valence electrons. The fourth-order valence-electron chi connectivity index (χ4n) is 3.45. The highest BCUT2D eigenvalue weighted by Gasteiger charge is 2.11. The molecule has 0 heterocycles. The van der Waals surface area contributed by atoms with Gasteiger partial charge >= 0.3 is 0 Å². The molecule has 4 aromatic rings. The maximum atomic E-state index is 6.19. The van der Waals surface area contributed by atoms with Crippen molar-refractivity contribution in [2.45, 2.75) is 20.3 Å². The molecule has 0 bridgehead atoms. The van der Waals surface area contributed by atoms with Gasteiger partial charge in [0.15, 0.2) is 0 Å². The van der Waals surface area contributed by atoms with Crippen LogP contribution >= 0.6 is 0 Å². The number of rotatable bonds is 4. The second-order valence-electron chi connectivity index (χ2n) is 6.80. The van der Waals surface area contributed by atoms with Crippen LogP contribution in [0.1, 0.15) is 20.3 Å². The predicted molar refractivity (Wildman–Crippen MR) is 104 cm³/mol. The topological polar surface area (TPSA) is 9.23 Å². The van der Waals surface area contributed by atoms with Crippen molar-refractivity contribution >= 4 is 32.3 Å². The molecule has 0 aliphatic heterocycles. The van der Waals surface area contributed by atoms with Crippen molar-refractivity contribution in [1.29, 1.82) is 0 Å². The van der Waals surface area contributed by atoms with E-state index in [0.29, 0.717) is 5.92 Å². The van der Waals surface area contributed by atoms with Crippen LogP contribution in [0.3, 0.4) is 0 Å². The quantitative estimate of drug-likeness (QED) is 0.387. The first-order valence-electron chi connectivity index (χ1n) is 8.70. The minimum atomic E-state index is 0.651. The van der Waals surface area contributed by atoms with E-state index in [-0.39, 0.29) is 0 Å². The Morgan fingerprint density at radius 1 is 0.667 bits per heavy atom. The molecule has 0 aliphatic carbocycles. The van der Waals surface area contributed by atoms with Gasteiger partial charge in [0.2, 0.25) is 0 Å². The maximum absolute atomic E-state index is 6.19. The van der Waals surface area contributed by atoms with Gasteiger partial charge in [-0.05, 0) is 45.3 Å². The Balaban J connectivity index is 2.02. The summed E-state index contributed by atoms with van der Waals surface area (Å²) in [7, 11) is 0. The molecule has 0 saturated heterocycles. The highest BCUT2D eigenvalue weighted by molar-refractivity contribution is 6.26. The van der Waals surface area contributed by atoms with Crippen LogP contribution in [-0.4, -0.2) is 6.61 Å². The zero-order valence-corrected chi connectivity index (χ0v) is 14.3. The van der Waals surface area contributed by atoms with Gasteiger partial charge in [-0.1, -0.05) is 74.5 Å². The lowest BCUT2D eigenvalue weighted by Gasteiger charge is -2.15. The summed E-state index contributed by atoms with van der Waals surface area (Å²) in [4.78, 5) is 0. The van der Waals surface area contributed by atoms with Gasteiger partial charge in [-0.3, -0.25) is 0 Å². The second-order valence-corrected chi connectivity index (χ2v) is 6.80. The molecule has 0 saturated carbocycles. The lowest BCUT2D eigenvalue weighted by molar-refractivity contribution is 0.293. The van der Waals surface area contributed by atoms with Crippen molar-refractivity contribution in [1.82, 2.24) is 0 Å². The van der Waals surface area contributed by atoms with Gasteiger partial charge in [-0.25, -0.2) is 0 Å². The first kappa shape index (κ1) is 15.0. The van der Waals surface area contributed by atoms with Gasteiger partial charge in [-0.15, -0.1) is 0 Å². The molecule has 0 unspecified atom stereocenters. The van der Waals surface area contributed by atoms with Crippen molar-refractivity contribution in [3.05, 3.63) is 66.7 Å². The van der Waals surface area contributed by atoms with Crippen LogP contribution in [0.15, 0.2) is 66.7 Å². The predicted octanol–water partition coefficient (Wildman–Crippen LogP) is 6.57. The zero-order chi connectivity index (χ0) is 16.5. The molecule has 0 amide bonds. The number of hydrogen-bond acceptors (Lipinski definition) is 1. The second kappa shape index (κ2) is 6.16. The van der Waals surface area contributed by atoms with Crippen LogP contribution in [0.4, 0.5) is 0 Å². The van der Waals surface area contributed by atoms with Crippen molar-refractivity contribution in [2.75, 3.05) is 6.61 Å². The van der Waals surface area contributed by atoms with Gasteiger partial charge in [-0.2, -0.15) is 0 Å². The molecule has 24 heavy (non-hydrogen) atoms. The molecule has 0 aromatic heterocycles. The molecule has 0 fully saturated rings. The summed E-state index contributed by atoms with van der Waals surface area (Å²) < 4.78 is 6.19. The number of ether oxygens (including phenoxy) is 1. The monoisotopic (exact) mass is 314 g/mol.